The van der Waals surface area contributed by atoms with E-state index in [9.17, 15) is 14.9 Å². The predicted octanol–water partition coefficient (Wildman–Crippen LogP) is 1.14. The van der Waals surface area contributed by atoms with Crippen molar-refractivity contribution < 1.29 is 9.72 Å². The predicted molar refractivity (Wildman–Crippen MR) is 84.9 cm³/mol. The first-order valence-corrected chi connectivity index (χ1v) is 6.74. The molecule has 0 aliphatic heterocycles. The number of benzene rings is 1. The normalized spacial score (nSPS) is 10.0. The lowest BCUT2D eigenvalue weighted by molar-refractivity contribution is -0.383. The summed E-state index contributed by atoms with van der Waals surface area (Å²) in [6.07, 6.45) is 1.33. The van der Waals surface area contributed by atoms with Gasteiger partial charge in [0.15, 0.2) is 0 Å². The molecule has 0 radical (unpaired) electrons. The average Bonchev–Trinajstić information content (AvgIpc) is 2.53. The zero-order chi connectivity index (χ0) is 16.8. The second kappa shape index (κ2) is 7.16. The van der Waals surface area contributed by atoms with Crippen molar-refractivity contribution in [1.82, 2.24) is 15.4 Å². The maximum atomic E-state index is 11.9. The summed E-state index contributed by atoms with van der Waals surface area (Å²) in [4.78, 5) is 31.7. The third-order valence-corrected chi connectivity index (χ3v) is 2.94. The summed E-state index contributed by atoms with van der Waals surface area (Å²) in [7, 11) is 3.26. The highest BCUT2D eigenvalue weighted by Crippen LogP contribution is 2.29. The quantitative estimate of drug-likeness (QED) is 0.606. The molecule has 9 heteroatoms. The zero-order valence-corrected chi connectivity index (χ0v) is 12.7. The molecule has 2 rings (SSSR count). The Balaban J connectivity index is 2.10. The first kappa shape index (κ1) is 16.1. The van der Waals surface area contributed by atoms with Gasteiger partial charge in [-0.2, -0.15) is 0 Å². The molecule has 1 aromatic carbocycles. The summed E-state index contributed by atoms with van der Waals surface area (Å²) < 4.78 is 0. The molecular formula is C14H16N6O3. The van der Waals surface area contributed by atoms with Crippen molar-refractivity contribution in [2.45, 2.75) is 6.42 Å². The molecule has 0 aliphatic rings. The van der Waals surface area contributed by atoms with Gasteiger partial charge in [-0.05, 0) is 5.56 Å². The van der Waals surface area contributed by atoms with Crippen LogP contribution in [0.5, 0.6) is 0 Å². The SMILES string of the molecule is CN(C)c1ncnc(NNC(=O)Cc2ccccc2)c1[N+](=O)[O-]. The Kier molecular flexibility index (Phi) is 5.03. The number of nitrogens with zero attached hydrogens (tertiary/aromatic N) is 4. The summed E-state index contributed by atoms with van der Waals surface area (Å²) in [6.45, 7) is 0. The van der Waals surface area contributed by atoms with E-state index in [0.29, 0.717) is 0 Å². The molecule has 2 aromatic rings. The van der Waals surface area contributed by atoms with Crippen LogP contribution in [0.25, 0.3) is 0 Å². The maximum absolute atomic E-state index is 11.9. The molecule has 0 aliphatic carbocycles. The average molecular weight is 316 g/mol. The van der Waals surface area contributed by atoms with Crippen molar-refractivity contribution in [3.8, 4) is 0 Å². The van der Waals surface area contributed by atoms with E-state index in [0.717, 1.165) is 5.56 Å². The highest BCUT2D eigenvalue weighted by atomic mass is 16.6. The molecule has 9 nitrogen and oxygen atoms in total. The van der Waals surface area contributed by atoms with Crippen molar-refractivity contribution in [3.63, 3.8) is 0 Å². The Labute approximate surface area is 132 Å². The molecule has 0 bridgehead atoms. The van der Waals surface area contributed by atoms with E-state index >= 15 is 0 Å². The number of carbonyl (C=O) groups is 1. The molecule has 23 heavy (non-hydrogen) atoms. The van der Waals surface area contributed by atoms with Crippen molar-refractivity contribution >= 4 is 23.2 Å². The van der Waals surface area contributed by atoms with Crippen LogP contribution in [-0.2, 0) is 11.2 Å². The lowest BCUT2D eigenvalue weighted by Crippen LogP contribution is -2.31. The Bertz CT molecular complexity index is 705. The van der Waals surface area contributed by atoms with Crippen LogP contribution in [0.4, 0.5) is 17.3 Å². The molecule has 1 amide bonds. The molecule has 0 unspecified atom stereocenters. The minimum Gasteiger partial charge on any atom is -0.357 e. The van der Waals surface area contributed by atoms with Crippen molar-refractivity contribution in [2.75, 3.05) is 24.4 Å². The molecular weight excluding hydrogens is 300 g/mol. The van der Waals surface area contributed by atoms with E-state index in [1.807, 2.05) is 30.3 Å². The number of aromatic nitrogens is 2. The summed E-state index contributed by atoms with van der Waals surface area (Å²) in [5.41, 5.74) is 5.42. The number of nitrogens with one attached hydrogen (secondary N) is 2. The van der Waals surface area contributed by atoms with Gasteiger partial charge in [0.2, 0.25) is 17.5 Å². The van der Waals surface area contributed by atoms with Crippen LogP contribution in [0.2, 0.25) is 0 Å². The van der Waals surface area contributed by atoms with Gasteiger partial charge in [-0.25, -0.2) is 9.97 Å². The first-order chi connectivity index (χ1) is 11.0. The summed E-state index contributed by atoms with van der Waals surface area (Å²) in [5.74, 6) is -0.268. The Hall–Kier alpha value is -3.23. The standard InChI is InChI=1S/C14H16N6O3/c1-19(2)14-12(20(22)23)13(15-9-16-14)18-17-11(21)8-10-6-4-3-5-7-10/h3-7,9H,8H2,1-2H3,(H,17,21)(H,15,16,18). The Morgan fingerprint density at radius 3 is 2.57 bits per heavy atom. The molecule has 120 valence electrons. The number of rotatable bonds is 6. The number of hydrazine groups is 1. The van der Waals surface area contributed by atoms with E-state index in [2.05, 4.69) is 20.8 Å². The number of nitro groups is 1. The van der Waals surface area contributed by atoms with E-state index in [1.54, 1.807) is 14.1 Å². The van der Waals surface area contributed by atoms with E-state index in [4.69, 9.17) is 0 Å². The van der Waals surface area contributed by atoms with Gasteiger partial charge >= 0.3 is 5.69 Å². The van der Waals surface area contributed by atoms with Gasteiger partial charge in [0.25, 0.3) is 0 Å². The topological polar surface area (TPSA) is 113 Å². The third-order valence-electron chi connectivity index (χ3n) is 2.94. The van der Waals surface area contributed by atoms with Gasteiger partial charge in [-0.1, -0.05) is 30.3 Å². The zero-order valence-electron chi connectivity index (χ0n) is 12.7. The number of hydrogen-bond donors (Lipinski definition) is 2. The maximum Gasteiger partial charge on any atom is 0.355 e. The van der Waals surface area contributed by atoms with E-state index in [1.165, 1.54) is 11.2 Å². The molecule has 0 atom stereocenters. The van der Waals surface area contributed by atoms with Crippen molar-refractivity contribution in [1.29, 1.82) is 0 Å². The van der Waals surface area contributed by atoms with Crippen LogP contribution in [0, 0.1) is 10.1 Å². The van der Waals surface area contributed by atoms with Gasteiger partial charge in [-0.3, -0.25) is 25.8 Å². The number of carbonyl (C=O) groups excluding carboxylic acids is 1. The van der Waals surface area contributed by atoms with Crippen LogP contribution >= 0.6 is 0 Å². The fourth-order valence-corrected chi connectivity index (χ4v) is 1.91. The van der Waals surface area contributed by atoms with Crippen molar-refractivity contribution in [3.05, 3.63) is 52.3 Å². The van der Waals surface area contributed by atoms with Gasteiger partial charge in [0, 0.05) is 14.1 Å². The second-order valence-corrected chi connectivity index (χ2v) is 4.88. The highest BCUT2D eigenvalue weighted by Gasteiger charge is 2.24. The van der Waals surface area contributed by atoms with Gasteiger partial charge in [0.05, 0.1) is 11.3 Å². The summed E-state index contributed by atoms with van der Waals surface area (Å²) in [6, 6.07) is 9.14. The molecule has 1 aromatic heterocycles. The minimum absolute atomic E-state index is 0.0740. The number of hydrogen-bond acceptors (Lipinski definition) is 7. The lowest BCUT2D eigenvalue weighted by Gasteiger charge is -2.13. The van der Waals surface area contributed by atoms with Crippen LogP contribution in [0.15, 0.2) is 36.7 Å². The molecule has 0 saturated carbocycles. The van der Waals surface area contributed by atoms with Crippen LogP contribution in [0.1, 0.15) is 5.56 Å². The minimum atomic E-state index is -0.596. The number of amides is 1. The summed E-state index contributed by atoms with van der Waals surface area (Å²) >= 11 is 0. The largest absolute Gasteiger partial charge is 0.357 e. The van der Waals surface area contributed by atoms with Crippen LogP contribution in [0.3, 0.4) is 0 Å². The molecule has 1 heterocycles. The van der Waals surface area contributed by atoms with Gasteiger partial charge in [0.1, 0.15) is 6.33 Å². The molecule has 0 spiro atoms. The smallest absolute Gasteiger partial charge is 0.355 e. The molecule has 0 saturated heterocycles. The Morgan fingerprint density at radius 2 is 1.96 bits per heavy atom. The van der Waals surface area contributed by atoms with Gasteiger partial charge in [-0.15, -0.1) is 0 Å². The van der Waals surface area contributed by atoms with E-state index in [-0.39, 0.29) is 29.7 Å². The number of anilines is 2. The summed E-state index contributed by atoms with van der Waals surface area (Å²) in [5, 5.41) is 11.2. The molecule has 0 fully saturated rings. The molecule has 2 N–H and O–H groups in total. The fourth-order valence-electron chi connectivity index (χ4n) is 1.91. The third kappa shape index (κ3) is 4.13. The van der Waals surface area contributed by atoms with Gasteiger partial charge < -0.3 is 4.90 Å². The highest BCUT2D eigenvalue weighted by molar-refractivity contribution is 5.81. The van der Waals surface area contributed by atoms with Crippen LogP contribution in [-0.4, -0.2) is 34.9 Å². The second-order valence-electron chi connectivity index (χ2n) is 4.88. The Morgan fingerprint density at radius 1 is 1.26 bits per heavy atom. The van der Waals surface area contributed by atoms with Crippen LogP contribution < -0.4 is 15.8 Å². The fraction of sp³-hybridized carbons (Fsp3) is 0.214. The monoisotopic (exact) mass is 316 g/mol. The van der Waals surface area contributed by atoms with Crippen molar-refractivity contribution in [2.24, 2.45) is 0 Å². The first-order valence-electron chi connectivity index (χ1n) is 6.74. The van der Waals surface area contributed by atoms with E-state index < -0.39 is 4.92 Å². The lowest BCUT2D eigenvalue weighted by atomic mass is 10.1.